The van der Waals surface area contributed by atoms with Crippen molar-refractivity contribution in [2.45, 2.75) is 12.3 Å². The molecule has 9 heteroatoms. The lowest BCUT2D eigenvalue weighted by molar-refractivity contribution is -0.116. The predicted octanol–water partition coefficient (Wildman–Crippen LogP) is 3.81. The Labute approximate surface area is 183 Å². The molecular formula is C23H21FN2O6. The molecule has 0 bridgehead atoms. The second-order valence-electron chi connectivity index (χ2n) is 7.18. The van der Waals surface area contributed by atoms with Crippen LogP contribution in [0.2, 0.25) is 0 Å². The highest BCUT2D eigenvalue weighted by Crippen LogP contribution is 2.49. The lowest BCUT2D eigenvalue weighted by Gasteiger charge is -2.28. The van der Waals surface area contributed by atoms with Crippen LogP contribution in [0.25, 0.3) is 5.69 Å². The third-order valence-electron chi connectivity index (χ3n) is 5.47. The maximum atomic E-state index is 13.5. The van der Waals surface area contributed by atoms with Crippen molar-refractivity contribution in [2.24, 2.45) is 0 Å². The summed E-state index contributed by atoms with van der Waals surface area (Å²) in [6.45, 7) is 0. The van der Waals surface area contributed by atoms with E-state index in [0.717, 1.165) is 0 Å². The third kappa shape index (κ3) is 3.41. The first kappa shape index (κ1) is 21.2. The summed E-state index contributed by atoms with van der Waals surface area (Å²) in [5.41, 5.74) is 1.84. The zero-order chi connectivity index (χ0) is 23.0. The maximum absolute atomic E-state index is 13.5. The minimum absolute atomic E-state index is 0.0448. The first-order chi connectivity index (χ1) is 15.4. The molecule has 1 aromatic heterocycles. The van der Waals surface area contributed by atoms with E-state index in [-0.39, 0.29) is 23.6 Å². The lowest BCUT2D eigenvalue weighted by Crippen LogP contribution is -2.26. The summed E-state index contributed by atoms with van der Waals surface area (Å²) in [6, 6.07) is 9.12. The molecule has 2 N–H and O–H groups in total. The van der Waals surface area contributed by atoms with Crippen LogP contribution in [0.15, 0.2) is 42.6 Å². The number of aromatic carboxylic acids is 1. The van der Waals surface area contributed by atoms with Crippen molar-refractivity contribution < 1.29 is 33.3 Å². The van der Waals surface area contributed by atoms with Gasteiger partial charge in [-0.05, 0) is 30.3 Å². The molecule has 0 fully saturated rings. The average molecular weight is 440 g/mol. The van der Waals surface area contributed by atoms with E-state index in [0.29, 0.717) is 34.2 Å². The van der Waals surface area contributed by atoms with Crippen molar-refractivity contribution in [1.82, 2.24) is 4.57 Å². The van der Waals surface area contributed by atoms with Crippen molar-refractivity contribution in [3.63, 3.8) is 0 Å². The first-order valence-electron chi connectivity index (χ1n) is 9.72. The Hall–Kier alpha value is -4.01. The van der Waals surface area contributed by atoms with Gasteiger partial charge in [-0.15, -0.1) is 0 Å². The number of fused-ring (bicyclic) bond motifs is 1. The van der Waals surface area contributed by atoms with E-state index in [4.69, 9.17) is 14.2 Å². The van der Waals surface area contributed by atoms with Gasteiger partial charge in [0.1, 0.15) is 11.4 Å². The molecule has 0 radical (unpaired) electrons. The maximum Gasteiger partial charge on any atom is 0.339 e. The fraction of sp³-hybridized carbons (Fsp3) is 0.217. The van der Waals surface area contributed by atoms with Gasteiger partial charge in [-0.1, -0.05) is 6.07 Å². The average Bonchev–Trinajstić information content (AvgIpc) is 3.17. The molecule has 0 saturated heterocycles. The molecule has 1 amide bonds. The normalized spacial score (nSPS) is 15.0. The SMILES string of the molecule is COc1ccc([C@H]2CC(=O)Nc3c(C(=O)O)cn(-c4ccc(F)cc4)c32)c(OC)c1OC. The summed E-state index contributed by atoms with van der Waals surface area (Å²) in [5.74, 6) is -1.32. The largest absolute Gasteiger partial charge is 0.493 e. The highest BCUT2D eigenvalue weighted by molar-refractivity contribution is 6.04. The van der Waals surface area contributed by atoms with Gasteiger partial charge in [-0.2, -0.15) is 0 Å². The van der Waals surface area contributed by atoms with E-state index in [1.165, 1.54) is 39.7 Å². The van der Waals surface area contributed by atoms with Gasteiger partial charge in [0.25, 0.3) is 0 Å². The number of carbonyl (C=O) groups is 2. The van der Waals surface area contributed by atoms with Gasteiger partial charge < -0.3 is 29.2 Å². The van der Waals surface area contributed by atoms with E-state index >= 15 is 0 Å². The Morgan fingerprint density at radius 2 is 1.75 bits per heavy atom. The number of carbonyl (C=O) groups excluding carboxylic acids is 1. The summed E-state index contributed by atoms with van der Waals surface area (Å²) < 4.78 is 31.6. The molecule has 0 unspecified atom stereocenters. The standard InChI is InChI=1S/C23H21FN2O6/c1-30-17-9-8-14(21(31-2)22(17)32-3)15-10-18(27)25-19-16(23(28)29)11-26(20(15)19)13-6-4-12(24)5-7-13/h4-9,11,15H,10H2,1-3H3,(H,25,27)(H,28,29)/t15-/m1/s1. The van der Waals surface area contributed by atoms with Crippen LogP contribution in [0.4, 0.5) is 10.1 Å². The van der Waals surface area contributed by atoms with E-state index in [1.54, 1.807) is 28.8 Å². The Kier molecular flexibility index (Phi) is 5.48. The molecule has 1 aliphatic heterocycles. The third-order valence-corrected chi connectivity index (χ3v) is 5.47. The number of benzene rings is 2. The van der Waals surface area contributed by atoms with Gasteiger partial charge in [-0.25, -0.2) is 9.18 Å². The van der Waals surface area contributed by atoms with Gasteiger partial charge in [0.05, 0.1) is 32.7 Å². The Balaban J connectivity index is 2.00. The van der Waals surface area contributed by atoms with Crippen LogP contribution in [0.3, 0.4) is 0 Å². The number of hydrogen-bond donors (Lipinski definition) is 2. The fourth-order valence-electron chi connectivity index (χ4n) is 4.10. The summed E-state index contributed by atoms with van der Waals surface area (Å²) in [6.07, 6.45) is 1.47. The van der Waals surface area contributed by atoms with E-state index in [9.17, 15) is 19.1 Å². The fourth-order valence-corrected chi connectivity index (χ4v) is 4.10. The van der Waals surface area contributed by atoms with E-state index in [2.05, 4.69) is 5.32 Å². The Morgan fingerprint density at radius 3 is 2.34 bits per heavy atom. The number of anilines is 1. The highest BCUT2D eigenvalue weighted by Gasteiger charge is 2.36. The van der Waals surface area contributed by atoms with Crippen LogP contribution in [0.5, 0.6) is 17.2 Å². The molecule has 1 aliphatic rings. The molecule has 8 nitrogen and oxygen atoms in total. The summed E-state index contributed by atoms with van der Waals surface area (Å²) in [4.78, 5) is 24.5. The molecule has 32 heavy (non-hydrogen) atoms. The zero-order valence-electron chi connectivity index (χ0n) is 17.6. The van der Waals surface area contributed by atoms with Gasteiger partial charge in [0.15, 0.2) is 11.5 Å². The summed E-state index contributed by atoms with van der Waals surface area (Å²) in [5, 5.41) is 12.4. The van der Waals surface area contributed by atoms with Crippen molar-refractivity contribution in [1.29, 1.82) is 0 Å². The number of carboxylic acids is 1. The molecule has 0 saturated carbocycles. The smallest absolute Gasteiger partial charge is 0.339 e. The van der Waals surface area contributed by atoms with Crippen LogP contribution in [0, 0.1) is 5.82 Å². The number of ether oxygens (including phenoxy) is 3. The number of hydrogen-bond acceptors (Lipinski definition) is 5. The van der Waals surface area contributed by atoms with Gasteiger partial charge >= 0.3 is 5.97 Å². The van der Waals surface area contributed by atoms with Crippen LogP contribution >= 0.6 is 0 Å². The minimum Gasteiger partial charge on any atom is -0.493 e. The number of halogens is 1. The molecule has 4 rings (SSSR count). The van der Waals surface area contributed by atoms with E-state index in [1.807, 2.05) is 0 Å². The quantitative estimate of drug-likeness (QED) is 0.605. The first-order valence-corrected chi connectivity index (χ1v) is 9.72. The van der Waals surface area contributed by atoms with Gasteiger partial charge in [0, 0.05) is 29.8 Å². The number of aromatic nitrogens is 1. The van der Waals surface area contributed by atoms with Crippen LogP contribution in [-0.4, -0.2) is 42.9 Å². The minimum atomic E-state index is -1.19. The topological polar surface area (TPSA) is 99.0 Å². The Bertz CT molecular complexity index is 1200. The number of amides is 1. The Morgan fingerprint density at radius 1 is 1.06 bits per heavy atom. The lowest BCUT2D eigenvalue weighted by atomic mass is 9.87. The molecular weight excluding hydrogens is 419 g/mol. The molecule has 1 atom stereocenters. The van der Waals surface area contributed by atoms with Crippen molar-refractivity contribution >= 4 is 17.6 Å². The van der Waals surface area contributed by atoms with Crippen LogP contribution in [-0.2, 0) is 4.79 Å². The number of methoxy groups -OCH3 is 3. The molecule has 2 heterocycles. The van der Waals surface area contributed by atoms with Crippen molar-refractivity contribution in [2.75, 3.05) is 26.6 Å². The van der Waals surface area contributed by atoms with Crippen molar-refractivity contribution in [3.8, 4) is 22.9 Å². The molecule has 166 valence electrons. The number of rotatable bonds is 6. The molecule has 2 aromatic carbocycles. The van der Waals surface area contributed by atoms with Crippen molar-refractivity contribution in [3.05, 3.63) is 65.2 Å². The number of nitrogens with one attached hydrogen (secondary N) is 1. The monoisotopic (exact) mass is 440 g/mol. The molecule has 0 aliphatic carbocycles. The number of nitrogens with zero attached hydrogens (tertiary/aromatic N) is 1. The van der Waals surface area contributed by atoms with E-state index < -0.39 is 17.7 Å². The number of carboxylic acid groups (broad SMARTS) is 1. The highest BCUT2D eigenvalue weighted by atomic mass is 19.1. The second kappa shape index (κ2) is 8.26. The van der Waals surface area contributed by atoms with Gasteiger partial charge in [-0.3, -0.25) is 4.79 Å². The van der Waals surface area contributed by atoms with Crippen LogP contribution < -0.4 is 19.5 Å². The zero-order valence-corrected chi connectivity index (χ0v) is 17.6. The molecule has 3 aromatic rings. The molecule has 0 spiro atoms. The summed E-state index contributed by atoms with van der Waals surface area (Å²) >= 11 is 0. The second-order valence-corrected chi connectivity index (χ2v) is 7.18. The van der Waals surface area contributed by atoms with Crippen LogP contribution in [0.1, 0.15) is 34.0 Å². The summed E-state index contributed by atoms with van der Waals surface area (Å²) in [7, 11) is 4.46. The predicted molar refractivity (Wildman–Crippen MR) is 114 cm³/mol. The van der Waals surface area contributed by atoms with Gasteiger partial charge in [0.2, 0.25) is 11.7 Å².